The fourth-order valence-corrected chi connectivity index (χ4v) is 1.39. The van der Waals surface area contributed by atoms with E-state index in [1.165, 1.54) is 16.3 Å². The molecule has 0 radical (unpaired) electrons. The third-order valence-corrected chi connectivity index (χ3v) is 2.01. The summed E-state index contributed by atoms with van der Waals surface area (Å²) in [5.74, 6) is 0. The van der Waals surface area contributed by atoms with Crippen LogP contribution in [0.1, 0.15) is 5.56 Å². The molecule has 0 aliphatic carbocycles. The van der Waals surface area contributed by atoms with Crippen molar-refractivity contribution in [1.29, 1.82) is 0 Å². The minimum absolute atomic E-state index is 0. The van der Waals surface area contributed by atoms with Crippen LogP contribution in [-0.4, -0.2) is 0 Å². The number of benzene rings is 2. The summed E-state index contributed by atoms with van der Waals surface area (Å²) >= 11 is 0. The zero-order chi connectivity index (χ0) is 7.68. The molecule has 0 bridgehead atoms. The minimum Gasteiger partial charge on any atom is -0.147 e. The van der Waals surface area contributed by atoms with Crippen molar-refractivity contribution in [3.8, 4) is 0 Å². The quantitative estimate of drug-likeness (QED) is 0.645. The summed E-state index contributed by atoms with van der Waals surface area (Å²) in [6.07, 6.45) is 0. The van der Waals surface area contributed by atoms with Crippen molar-refractivity contribution in [3.63, 3.8) is 0 Å². The van der Waals surface area contributed by atoms with Crippen LogP contribution in [0.5, 0.6) is 0 Å². The smallest absolute Gasteiger partial charge is 0 e. The molecule has 3 heteroatoms. The number of hydrogen-bond donors (Lipinski definition) is 0. The van der Waals surface area contributed by atoms with Crippen LogP contribution in [0.4, 0.5) is 0 Å². The molecule has 0 nitrogen and oxygen atoms in total. The predicted octanol–water partition coefficient (Wildman–Crippen LogP) is 3.99. The van der Waals surface area contributed by atoms with Crippen LogP contribution in [0.2, 0.25) is 0 Å². The van der Waals surface area contributed by atoms with E-state index in [2.05, 4.69) is 49.4 Å². The molecular weight excluding hydrogens is 304 g/mol. The van der Waals surface area contributed by atoms with Gasteiger partial charge in [-0.3, -0.25) is 0 Å². The summed E-state index contributed by atoms with van der Waals surface area (Å²) in [7, 11) is 0. The summed E-state index contributed by atoms with van der Waals surface area (Å²) < 4.78 is 0. The van der Waals surface area contributed by atoms with E-state index in [1.807, 2.05) is 0 Å². The standard InChI is InChI=1S/C11H10.2ClH.Ru/c1-9-5-4-7-10-6-2-3-8-11(9)10;;;/h2-8H,1H3;2*1H;. The van der Waals surface area contributed by atoms with Crippen LogP contribution in [-0.2, 0) is 19.5 Å². The Hall–Kier alpha value is -0.0966. The van der Waals surface area contributed by atoms with Crippen molar-refractivity contribution in [1.82, 2.24) is 0 Å². The van der Waals surface area contributed by atoms with E-state index in [1.54, 1.807) is 0 Å². The number of rotatable bonds is 0. The average molecular weight is 316 g/mol. The van der Waals surface area contributed by atoms with Gasteiger partial charge in [0, 0.05) is 19.5 Å². The van der Waals surface area contributed by atoms with E-state index in [-0.39, 0.29) is 44.3 Å². The largest absolute Gasteiger partial charge is 0.147 e. The van der Waals surface area contributed by atoms with Crippen molar-refractivity contribution in [2.75, 3.05) is 0 Å². The van der Waals surface area contributed by atoms with Gasteiger partial charge in [0.25, 0.3) is 0 Å². The van der Waals surface area contributed by atoms with E-state index in [0.29, 0.717) is 0 Å². The molecule has 0 aliphatic rings. The fourth-order valence-electron chi connectivity index (χ4n) is 1.39. The second kappa shape index (κ2) is 7.23. The van der Waals surface area contributed by atoms with Gasteiger partial charge in [-0.15, -0.1) is 24.8 Å². The summed E-state index contributed by atoms with van der Waals surface area (Å²) in [6.45, 7) is 2.14. The molecule has 0 atom stereocenters. The average Bonchev–Trinajstić information content (AvgIpc) is 2.06. The summed E-state index contributed by atoms with van der Waals surface area (Å²) in [4.78, 5) is 0. The summed E-state index contributed by atoms with van der Waals surface area (Å²) in [5, 5.41) is 2.68. The fraction of sp³-hybridized carbons (Fsp3) is 0.0909. The Kier molecular flexibility index (Phi) is 8.44. The van der Waals surface area contributed by atoms with Crippen molar-refractivity contribution >= 4 is 35.6 Å². The molecule has 0 aliphatic heterocycles. The Morgan fingerprint density at radius 1 is 0.786 bits per heavy atom. The SMILES string of the molecule is Cc1cccc2ccccc12.Cl.Cl.[Ru]. The molecule has 0 spiro atoms. The van der Waals surface area contributed by atoms with Crippen LogP contribution < -0.4 is 0 Å². The normalized spacial score (nSPS) is 8.07. The van der Waals surface area contributed by atoms with Crippen LogP contribution in [0.25, 0.3) is 10.8 Å². The molecule has 0 heterocycles. The zero-order valence-corrected chi connectivity index (χ0v) is 11.1. The monoisotopic (exact) mass is 316 g/mol. The number of aryl methyl sites for hydroxylation is 1. The second-order valence-corrected chi connectivity index (χ2v) is 2.80. The number of hydrogen-bond acceptors (Lipinski definition) is 0. The molecule has 0 aromatic heterocycles. The molecule has 0 unspecified atom stereocenters. The van der Waals surface area contributed by atoms with E-state index < -0.39 is 0 Å². The number of fused-ring (bicyclic) bond motifs is 1. The Bertz CT molecular complexity index is 382. The van der Waals surface area contributed by atoms with Gasteiger partial charge in [-0.25, -0.2) is 0 Å². The maximum absolute atomic E-state index is 2.16. The Labute approximate surface area is 110 Å². The van der Waals surface area contributed by atoms with Gasteiger partial charge in [-0.05, 0) is 23.3 Å². The molecule has 2 rings (SSSR count). The third kappa shape index (κ3) is 3.24. The van der Waals surface area contributed by atoms with Gasteiger partial charge in [0.05, 0.1) is 0 Å². The van der Waals surface area contributed by atoms with Gasteiger partial charge in [0.2, 0.25) is 0 Å². The first-order valence-electron chi connectivity index (χ1n) is 3.82. The maximum atomic E-state index is 2.16. The van der Waals surface area contributed by atoms with Gasteiger partial charge in [-0.1, -0.05) is 42.5 Å². The molecule has 2 aromatic rings. The molecule has 0 saturated heterocycles. The van der Waals surface area contributed by atoms with Gasteiger partial charge in [-0.2, -0.15) is 0 Å². The Balaban J connectivity index is 0. The maximum Gasteiger partial charge on any atom is 0 e. The topological polar surface area (TPSA) is 0 Å². The van der Waals surface area contributed by atoms with E-state index in [0.717, 1.165) is 0 Å². The Morgan fingerprint density at radius 3 is 2.00 bits per heavy atom. The predicted molar refractivity (Wildman–Crippen MR) is 63.2 cm³/mol. The van der Waals surface area contributed by atoms with Crippen LogP contribution >= 0.6 is 24.8 Å². The van der Waals surface area contributed by atoms with Crippen molar-refractivity contribution in [2.45, 2.75) is 6.92 Å². The molecule has 0 N–H and O–H groups in total. The van der Waals surface area contributed by atoms with Gasteiger partial charge >= 0.3 is 0 Å². The second-order valence-electron chi connectivity index (χ2n) is 2.80. The van der Waals surface area contributed by atoms with Crippen molar-refractivity contribution in [3.05, 3.63) is 48.0 Å². The first-order chi connectivity index (χ1) is 5.38. The molecule has 78 valence electrons. The van der Waals surface area contributed by atoms with Crippen molar-refractivity contribution < 1.29 is 19.5 Å². The summed E-state index contributed by atoms with van der Waals surface area (Å²) in [5.41, 5.74) is 1.35. The van der Waals surface area contributed by atoms with Crippen molar-refractivity contribution in [2.24, 2.45) is 0 Å². The first-order valence-corrected chi connectivity index (χ1v) is 3.82. The molecule has 0 saturated carbocycles. The zero-order valence-electron chi connectivity index (χ0n) is 7.71. The molecule has 0 amide bonds. The van der Waals surface area contributed by atoms with Gasteiger partial charge in [0.1, 0.15) is 0 Å². The third-order valence-electron chi connectivity index (χ3n) is 2.01. The Morgan fingerprint density at radius 2 is 1.36 bits per heavy atom. The van der Waals surface area contributed by atoms with E-state index >= 15 is 0 Å². The van der Waals surface area contributed by atoms with Crippen LogP contribution in [0, 0.1) is 6.92 Å². The molecule has 0 fully saturated rings. The van der Waals surface area contributed by atoms with Gasteiger partial charge in [0.15, 0.2) is 0 Å². The molecule has 14 heavy (non-hydrogen) atoms. The molecule has 2 aromatic carbocycles. The molecular formula is C11H12Cl2Ru. The summed E-state index contributed by atoms with van der Waals surface area (Å²) in [6, 6.07) is 14.8. The number of halogens is 2. The minimum atomic E-state index is 0. The van der Waals surface area contributed by atoms with Crippen LogP contribution in [0.3, 0.4) is 0 Å². The van der Waals surface area contributed by atoms with E-state index in [4.69, 9.17) is 0 Å². The van der Waals surface area contributed by atoms with E-state index in [9.17, 15) is 0 Å². The first kappa shape index (κ1) is 16.3. The van der Waals surface area contributed by atoms with Crippen LogP contribution in [0.15, 0.2) is 42.5 Å². The van der Waals surface area contributed by atoms with Gasteiger partial charge < -0.3 is 0 Å².